The monoisotopic (exact) mass is 142 g/mol. The zero-order valence-electron chi connectivity index (χ0n) is 6.12. The summed E-state index contributed by atoms with van der Waals surface area (Å²) in [6, 6.07) is 0. The van der Waals surface area contributed by atoms with Gasteiger partial charge in [-0.15, -0.1) is 0 Å². The van der Waals surface area contributed by atoms with Crippen LogP contribution in [0, 0.1) is 5.92 Å². The van der Waals surface area contributed by atoms with Crippen LogP contribution in [0.5, 0.6) is 0 Å². The van der Waals surface area contributed by atoms with E-state index < -0.39 is 0 Å². The molecule has 0 aromatic rings. The zero-order chi connectivity index (χ0) is 6.97. The maximum Gasteiger partial charge on any atom is 0.0835 e. The highest BCUT2D eigenvalue weighted by molar-refractivity contribution is 4.82. The molecule has 0 saturated heterocycles. The summed E-state index contributed by atoms with van der Waals surface area (Å²) in [6.07, 6.45) is 4.70. The summed E-state index contributed by atoms with van der Waals surface area (Å²) in [5.74, 6) is 0.827. The summed E-state index contributed by atoms with van der Waals surface area (Å²) >= 11 is 0. The van der Waals surface area contributed by atoms with Gasteiger partial charge in [0.2, 0.25) is 0 Å². The largest absolute Gasteiger partial charge is 0.390 e. The highest BCUT2D eigenvalue weighted by Gasteiger charge is 2.31. The molecule has 58 valence electrons. The van der Waals surface area contributed by atoms with Crippen LogP contribution in [0.1, 0.15) is 25.7 Å². The van der Waals surface area contributed by atoms with Gasteiger partial charge in [0, 0.05) is 6.61 Å². The maximum atomic E-state index is 9.12. The predicted molar refractivity (Wildman–Crippen MR) is 37.7 cm³/mol. The van der Waals surface area contributed by atoms with Gasteiger partial charge in [0.1, 0.15) is 0 Å². The normalized spacial score (nSPS) is 39.3. The Morgan fingerprint density at radius 3 is 2.40 bits per heavy atom. The Bertz CT molecular complexity index is 120. The molecular formula is C8H14O2. The lowest BCUT2D eigenvalue weighted by atomic mass is 9.92. The molecule has 2 heteroatoms. The van der Waals surface area contributed by atoms with Gasteiger partial charge in [-0.05, 0) is 31.6 Å². The van der Waals surface area contributed by atoms with Crippen molar-refractivity contribution in [3.63, 3.8) is 0 Å². The van der Waals surface area contributed by atoms with Crippen molar-refractivity contribution in [2.75, 3.05) is 6.61 Å². The van der Waals surface area contributed by atoms with E-state index in [1.165, 1.54) is 12.8 Å². The third-order valence-electron chi connectivity index (χ3n) is 2.42. The van der Waals surface area contributed by atoms with E-state index in [0.717, 1.165) is 25.4 Å². The molecule has 2 aliphatic carbocycles. The van der Waals surface area contributed by atoms with Crippen LogP contribution in [0.25, 0.3) is 0 Å². The Morgan fingerprint density at radius 2 is 2.00 bits per heavy atom. The molecule has 0 aromatic carbocycles. The van der Waals surface area contributed by atoms with E-state index in [2.05, 4.69) is 0 Å². The maximum absolute atomic E-state index is 9.12. The third kappa shape index (κ3) is 1.32. The van der Waals surface area contributed by atoms with Gasteiger partial charge in [0.15, 0.2) is 0 Å². The van der Waals surface area contributed by atoms with Crippen LogP contribution in [0.2, 0.25) is 0 Å². The average molecular weight is 142 g/mol. The van der Waals surface area contributed by atoms with Gasteiger partial charge in [-0.2, -0.15) is 0 Å². The Hall–Kier alpha value is -0.0800. The van der Waals surface area contributed by atoms with Crippen LogP contribution >= 0.6 is 0 Å². The van der Waals surface area contributed by atoms with E-state index in [0.29, 0.717) is 0 Å². The van der Waals surface area contributed by atoms with Crippen LogP contribution in [-0.2, 0) is 4.74 Å². The Balaban J connectivity index is 1.60. The fourth-order valence-electron chi connectivity index (χ4n) is 1.19. The minimum Gasteiger partial charge on any atom is -0.390 e. The number of rotatable bonds is 3. The Kier molecular flexibility index (Phi) is 1.66. The second-order valence-electron chi connectivity index (χ2n) is 3.46. The van der Waals surface area contributed by atoms with Gasteiger partial charge in [0.25, 0.3) is 0 Å². The molecule has 0 radical (unpaired) electrons. The van der Waals surface area contributed by atoms with E-state index >= 15 is 0 Å². The number of hydrogen-bond donors (Lipinski definition) is 1. The van der Waals surface area contributed by atoms with Crippen LogP contribution < -0.4 is 0 Å². The second kappa shape index (κ2) is 2.51. The average Bonchev–Trinajstić information content (AvgIpc) is 2.69. The summed E-state index contributed by atoms with van der Waals surface area (Å²) in [5.41, 5.74) is 0. The molecule has 0 aliphatic heterocycles. The fourth-order valence-corrected chi connectivity index (χ4v) is 1.19. The first kappa shape index (κ1) is 6.62. The van der Waals surface area contributed by atoms with Crippen LogP contribution in [0.15, 0.2) is 0 Å². The SMILES string of the molecule is O[C@@H]1CC[C@H]1OCC1CC1. The quantitative estimate of drug-likeness (QED) is 0.635. The molecule has 0 unspecified atom stereocenters. The lowest BCUT2D eigenvalue weighted by Crippen LogP contribution is -2.39. The zero-order valence-corrected chi connectivity index (χ0v) is 6.12. The lowest BCUT2D eigenvalue weighted by Gasteiger charge is -2.32. The van der Waals surface area contributed by atoms with Gasteiger partial charge in [-0.25, -0.2) is 0 Å². The van der Waals surface area contributed by atoms with E-state index in [1.54, 1.807) is 0 Å². The number of aliphatic hydroxyl groups is 1. The molecule has 2 nitrogen and oxygen atoms in total. The molecule has 0 heterocycles. The van der Waals surface area contributed by atoms with Gasteiger partial charge in [-0.3, -0.25) is 0 Å². The minimum atomic E-state index is -0.154. The second-order valence-corrected chi connectivity index (χ2v) is 3.46. The molecule has 0 aromatic heterocycles. The Labute approximate surface area is 61.2 Å². The molecule has 2 atom stereocenters. The lowest BCUT2D eigenvalue weighted by molar-refractivity contribution is -0.0986. The van der Waals surface area contributed by atoms with Crippen LogP contribution in [0.3, 0.4) is 0 Å². The molecule has 0 spiro atoms. The molecule has 2 saturated carbocycles. The standard InChI is InChI=1S/C8H14O2/c9-7-3-4-8(7)10-5-6-1-2-6/h6-9H,1-5H2/t7-,8-/m1/s1. The predicted octanol–water partition coefficient (Wildman–Crippen LogP) is 0.936. The van der Waals surface area contributed by atoms with Crippen molar-refractivity contribution in [1.82, 2.24) is 0 Å². The van der Waals surface area contributed by atoms with Crippen molar-refractivity contribution in [2.45, 2.75) is 37.9 Å². The van der Waals surface area contributed by atoms with Crippen LogP contribution in [-0.4, -0.2) is 23.9 Å². The van der Waals surface area contributed by atoms with Crippen molar-refractivity contribution in [3.8, 4) is 0 Å². The minimum absolute atomic E-state index is 0.154. The first-order valence-electron chi connectivity index (χ1n) is 4.16. The van der Waals surface area contributed by atoms with Gasteiger partial charge in [-0.1, -0.05) is 0 Å². The van der Waals surface area contributed by atoms with E-state index in [4.69, 9.17) is 9.84 Å². The van der Waals surface area contributed by atoms with Crippen LogP contribution in [0.4, 0.5) is 0 Å². The number of hydrogen-bond acceptors (Lipinski definition) is 2. The molecule has 0 bridgehead atoms. The van der Waals surface area contributed by atoms with Crippen molar-refractivity contribution in [3.05, 3.63) is 0 Å². The summed E-state index contributed by atoms with van der Waals surface area (Å²) in [4.78, 5) is 0. The fraction of sp³-hybridized carbons (Fsp3) is 1.00. The number of aliphatic hydroxyl groups excluding tert-OH is 1. The summed E-state index contributed by atoms with van der Waals surface area (Å²) < 4.78 is 5.46. The molecule has 1 N–H and O–H groups in total. The first-order chi connectivity index (χ1) is 4.86. The van der Waals surface area contributed by atoms with Crippen molar-refractivity contribution in [2.24, 2.45) is 5.92 Å². The van der Waals surface area contributed by atoms with Gasteiger partial charge >= 0.3 is 0 Å². The summed E-state index contributed by atoms with van der Waals surface area (Å²) in [7, 11) is 0. The smallest absolute Gasteiger partial charge is 0.0835 e. The van der Waals surface area contributed by atoms with Gasteiger partial charge in [0.05, 0.1) is 12.2 Å². The topological polar surface area (TPSA) is 29.5 Å². The molecular weight excluding hydrogens is 128 g/mol. The third-order valence-corrected chi connectivity index (χ3v) is 2.42. The van der Waals surface area contributed by atoms with E-state index in [1.807, 2.05) is 0 Å². The summed E-state index contributed by atoms with van der Waals surface area (Å²) in [6.45, 7) is 0.891. The van der Waals surface area contributed by atoms with Gasteiger partial charge < -0.3 is 9.84 Å². The molecule has 10 heavy (non-hydrogen) atoms. The first-order valence-corrected chi connectivity index (χ1v) is 4.16. The number of ether oxygens (including phenoxy) is 1. The molecule has 2 rings (SSSR count). The van der Waals surface area contributed by atoms with Crippen molar-refractivity contribution in [1.29, 1.82) is 0 Å². The summed E-state index contributed by atoms with van der Waals surface area (Å²) in [5, 5.41) is 9.12. The van der Waals surface area contributed by atoms with E-state index in [-0.39, 0.29) is 12.2 Å². The van der Waals surface area contributed by atoms with Crippen molar-refractivity contribution < 1.29 is 9.84 Å². The Morgan fingerprint density at radius 1 is 1.20 bits per heavy atom. The molecule has 0 amide bonds. The highest BCUT2D eigenvalue weighted by Crippen LogP contribution is 2.31. The van der Waals surface area contributed by atoms with Crippen molar-refractivity contribution >= 4 is 0 Å². The molecule has 2 fully saturated rings. The van der Waals surface area contributed by atoms with E-state index in [9.17, 15) is 0 Å². The molecule has 2 aliphatic rings. The highest BCUT2D eigenvalue weighted by atomic mass is 16.5.